The number of hydrogen-bond donors (Lipinski definition) is 1. The molecule has 4 nitrogen and oxygen atoms in total. The first-order chi connectivity index (χ1) is 10.2. The molecule has 1 aromatic carbocycles. The number of rotatable bonds is 10. The van der Waals surface area contributed by atoms with E-state index >= 15 is 0 Å². The van der Waals surface area contributed by atoms with Crippen molar-refractivity contribution in [3.05, 3.63) is 29.8 Å². The molecular weight excluding hydrogens is 266 g/mol. The summed E-state index contributed by atoms with van der Waals surface area (Å²) >= 11 is 0. The molecule has 1 unspecified atom stereocenters. The quantitative estimate of drug-likeness (QED) is 0.721. The normalized spacial score (nSPS) is 12.9. The SMILES string of the molecule is CCC(CC)N(CCOC)CC(O)c1cccc(OC)c1. The Morgan fingerprint density at radius 2 is 1.90 bits per heavy atom. The van der Waals surface area contributed by atoms with Gasteiger partial charge in [0.1, 0.15) is 5.75 Å². The van der Waals surface area contributed by atoms with Gasteiger partial charge in [0.05, 0.1) is 19.8 Å². The number of nitrogens with zero attached hydrogens (tertiary/aromatic N) is 1. The van der Waals surface area contributed by atoms with Gasteiger partial charge in [-0.15, -0.1) is 0 Å². The van der Waals surface area contributed by atoms with E-state index in [1.807, 2.05) is 24.3 Å². The molecule has 0 bridgehead atoms. The second-order valence-electron chi connectivity index (χ2n) is 5.25. The van der Waals surface area contributed by atoms with Gasteiger partial charge < -0.3 is 14.6 Å². The minimum absolute atomic E-state index is 0.473. The van der Waals surface area contributed by atoms with Crippen molar-refractivity contribution in [2.75, 3.05) is 33.9 Å². The summed E-state index contributed by atoms with van der Waals surface area (Å²) in [5, 5.41) is 10.5. The van der Waals surface area contributed by atoms with Crippen molar-refractivity contribution in [2.24, 2.45) is 0 Å². The third-order valence-corrected chi connectivity index (χ3v) is 3.93. The summed E-state index contributed by atoms with van der Waals surface area (Å²) in [6, 6.07) is 8.11. The average molecular weight is 295 g/mol. The highest BCUT2D eigenvalue weighted by Gasteiger charge is 2.19. The standard InChI is InChI=1S/C17H29NO3/c1-5-15(6-2)18(10-11-20-3)13-17(19)14-8-7-9-16(12-14)21-4/h7-9,12,15,17,19H,5-6,10-11,13H2,1-4H3. The number of ether oxygens (including phenoxy) is 2. The first kappa shape index (κ1) is 18.0. The Kier molecular flexibility index (Phi) is 8.35. The molecular formula is C17H29NO3. The molecule has 0 aliphatic rings. The van der Waals surface area contributed by atoms with Crippen LogP contribution in [0.15, 0.2) is 24.3 Å². The molecule has 0 radical (unpaired) electrons. The van der Waals surface area contributed by atoms with Gasteiger partial charge in [0.2, 0.25) is 0 Å². The summed E-state index contributed by atoms with van der Waals surface area (Å²) < 4.78 is 10.4. The smallest absolute Gasteiger partial charge is 0.119 e. The monoisotopic (exact) mass is 295 g/mol. The van der Waals surface area contributed by atoms with E-state index in [1.165, 1.54) is 0 Å². The van der Waals surface area contributed by atoms with Gasteiger partial charge in [-0.05, 0) is 30.5 Å². The first-order valence-corrected chi connectivity index (χ1v) is 7.71. The Morgan fingerprint density at radius 3 is 2.48 bits per heavy atom. The first-order valence-electron chi connectivity index (χ1n) is 7.71. The van der Waals surface area contributed by atoms with Crippen molar-refractivity contribution >= 4 is 0 Å². The zero-order valence-electron chi connectivity index (χ0n) is 13.7. The van der Waals surface area contributed by atoms with Gasteiger partial charge in [-0.25, -0.2) is 0 Å². The molecule has 120 valence electrons. The fourth-order valence-electron chi connectivity index (χ4n) is 2.61. The Bertz CT molecular complexity index is 393. The molecule has 0 amide bonds. The van der Waals surface area contributed by atoms with Crippen LogP contribution >= 0.6 is 0 Å². The fraction of sp³-hybridized carbons (Fsp3) is 0.647. The van der Waals surface area contributed by atoms with Crippen LogP contribution in [-0.2, 0) is 4.74 Å². The topological polar surface area (TPSA) is 41.9 Å². The highest BCUT2D eigenvalue weighted by molar-refractivity contribution is 5.29. The van der Waals surface area contributed by atoms with Gasteiger partial charge in [0.15, 0.2) is 0 Å². The van der Waals surface area contributed by atoms with Gasteiger partial charge in [-0.2, -0.15) is 0 Å². The minimum Gasteiger partial charge on any atom is -0.497 e. The molecule has 0 saturated heterocycles. The summed E-state index contributed by atoms with van der Waals surface area (Å²) in [4.78, 5) is 2.31. The summed E-state index contributed by atoms with van der Waals surface area (Å²) in [5.41, 5.74) is 0.891. The van der Waals surface area contributed by atoms with Crippen molar-refractivity contribution in [2.45, 2.75) is 38.8 Å². The van der Waals surface area contributed by atoms with Gasteiger partial charge in [-0.3, -0.25) is 4.90 Å². The number of hydrogen-bond acceptors (Lipinski definition) is 4. The van der Waals surface area contributed by atoms with Crippen LogP contribution in [0.2, 0.25) is 0 Å². The summed E-state index contributed by atoms with van der Waals surface area (Å²) in [5.74, 6) is 0.775. The van der Waals surface area contributed by atoms with E-state index < -0.39 is 6.10 Å². The lowest BCUT2D eigenvalue weighted by Crippen LogP contribution is -2.39. The lowest BCUT2D eigenvalue weighted by Gasteiger charge is -2.32. The fourth-order valence-corrected chi connectivity index (χ4v) is 2.61. The third kappa shape index (κ3) is 5.65. The molecule has 0 heterocycles. The number of benzene rings is 1. The van der Waals surface area contributed by atoms with Crippen LogP contribution in [0.4, 0.5) is 0 Å². The zero-order chi connectivity index (χ0) is 15.7. The zero-order valence-corrected chi connectivity index (χ0v) is 13.7. The van der Waals surface area contributed by atoms with Gasteiger partial charge in [0, 0.05) is 26.2 Å². The highest BCUT2D eigenvalue weighted by Crippen LogP contribution is 2.21. The van der Waals surface area contributed by atoms with Crippen LogP contribution in [0.25, 0.3) is 0 Å². The van der Waals surface area contributed by atoms with E-state index in [1.54, 1.807) is 14.2 Å². The van der Waals surface area contributed by atoms with Crippen LogP contribution in [0, 0.1) is 0 Å². The maximum atomic E-state index is 10.5. The molecule has 1 N–H and O–H groups in total. The minimum atomic E-state index is -0.516. The lowest BCUT2D eigenvalue weighted by atomic mass is 10.1. The van der Waals surface area contributed by atoms with Crippen molar-refractivity contribution in [3.8, 4) is 5.75 Å². The number of aliphatic hydroxyl groups excluding tert-OH is 1. The van der Waals surface area contributed by atoms with E-state index in [0.29, 0.717) is 19.2 Å². The molecule has 4 heteroatoms. The molecule has 1 rings (SSSR count). The second kappa shape index (κ2) is 9.77. The molecule has 1 atom stereocenters. The van der Waals surface area contributed by atoms with Gasteiger partial charge >= 0.3 is 0 Å². The van der Waals surface area contributed by atoms with Gasteiger partial charge in [0.25, 0.3) is 0 Å². The molecule has 0 saturated carbocycles. The predicted octanol–water partition coefficient (Wildman–Crippen LogP) is 2.87. The Hall–Kier alpha value is -1.10. The van der Waals surface area contributed by atoms with Crippen molar-refractivity contribution in [3.63, 3.8) is 0 Å². The van der Waals surface area contributed by atoms with E-state index in [9.17, 15) is 5.11 Å². The van der Waals surface area contributed by atoms with E-state index in [2.05, 4.69) is 18.7 Å². The summed E-state index contributed by atoms with van der Waals surface area (Å²) in [6.45, 7) is 6.51. The van der Waals surface area contributed by atoms with Gasteiger partial charge in [-0.1, -0.05) is 26.0 Å². The summed E-state index contributed by atoms with van der Waals surface area (Å²) in [7, 11) is 3.35. The summed E-state index contributed by atoms with van der Waals surface area (Å²) in [6.07, 6.45) is 1.63. The van der Waals surface area contributed by atoms with Crippen LogP contribution < -0.4 is 4.74 Å². The average Bonchev–Trinajstić information content (AvgIpc) is 2.53. The Labute approximate surface area is 128 Å². The van der Waals surface area contributed by atoms with E-state index in [4.69, 9.17) is 9.47 Å². The Morgan fingerprint density at radius 1 is 1.19 bits per heavy atom. The number of methoxy groups -OCH3 is 2. The Balaban J connectivity index is 2.75. The van der Waals surface area contributed by atoms with Crippen LogP contribution in [-0.4, -0.2) is 50.0 Å². The predicted molar refractivity (Wildman–Crippen MR) is 85.8 cm³/mol. The maximum absolute atomic E-state index is 10.5. The number of aliphatic hydroxyl groups is 1. The second-order valence-corrected chi connectivity index (χ2v) is 5.25. The van der Waals surface area contributed by atoms with Crippen LogP contribution in [0.5, 0.6) is 5.75 Å². The maximum Gasteiger partial charge on any atom is 0.119 e. The molecule has 21 heavy (non-hydrogen) atoms. The van der Waals surface area contributed by atoms with Crippen molar-refractivity contribution < 1.29 is 14.6 Å². The van der Waals surface area contributed by atoms with E-state index in [0.717, 1.165) is 30.7 Å². The third-order valence-electron chi connectivity index (χ3n) is 3.93. The molecule has 0 aliphatic heterocycles. The van der Waals surface area contributed by atoms with Crippen LogP contribution in [0.1, 0.15) is 38.4 Å². The van der Waals surface area contributed by atoms with Crippen molar-refractivity contribution in [1.82, 2.24) is 4.90 Å². The lowest BCUT2D eigenvalue weighted by molar-refractivity contribution is 0.0607. The molecule has 0 aromatic heterocycles. The van der Waals surface area contributed by atoms with E-state index in [-0.39, 0.29) is 0 Å². The van der Waals surface area contributed by atoms with Crippen molar-refractivity contribution in [1.29, 1.82) is 0 Å². The highest BCUT2D eigenvalue weighted by atomic mass is 16.5. The van der Waals surface area contributed by atoms with Crippen LogP contribution in [0.3, 0.4) is 0 Å². The molecule has 0 spiro atoms. The molecule has 1 aromatic rings. The largest absolute Gasteiger partial charge is 0.497 e. The molecule has 0 aliphatic carbocycles. The molecule has 0 fully saturated rings.